The van der Waals surface area contributed by atoms with Gasteiger partial charge in [-0.3, -0.25) is 9.59 Å². The molecule has 0 bridgehead atoms. The summed E-state index contributed by atoms with van der Waals surface area (Å²) in [7, 11) is 1.35. The number of carboxylic acids is 1. The van der Waals surface area contributed by atoms with Gasteiger partial charge in [0.25, 0.3) is 5.91 Å². The Morgan fingerprint density at radius 3 is 2.56 bits per heavy atom. The van der Waals surface area contributed by atoms with E-state index in [9.17, 15) is 27.6 Å². The number of anilines is 1. The summed E-state index contributed by atoms with van der Waals surface area (Å²) in [5, 5.41) is 11.3. The first-order valence-electron chi connectivity index (χ1n) is 8.18. The van der Waals surface area contributed by atoms with Crippen LogP contribution in [0.25, 0.3) is 0 Å². The van der Waals surface area contributed by atoms with Crippen molar-refractivity contribution < 1.29 is 37.4 Å². The van der Waals surface area contributed by atoms with Crippen molar-refractivity contribution >= 4 is 23.5 Å². The highest BCUT2D eigenvalue weighted by Gasteiger charge is 2.34. The Balaban J connectivity index is 2.35. The number of nitrogens with one attached hydrogen (secondary N) is 1. The van der Waals surface area contributed by atoms with Crippen molar-refractivity contribution in [1.29, 1.82) is 0 Å². The van der Waals surface area contributed by atoms with Crippen molar-refractivity contribution in [1.82, 2.24) is 5.32 Å². The second-order valence-electron chi connectivity index (χ2n) is 6.06. The summed E-state index contributed by atoms with van der Waals surface area (Å²) < 4.78 is 44.4. The number of hydrogen-bond acceptors (Lipinski definition) is 4. The minimum Gasteiger partial charge on any atom is -0.480 e. The van der Waals surface area contributed by atoms with E-state index in [1.54, 1.807) is 0 Å². The van der Waals surface area contributed by atoms with Gasteiger partial charge in [-0.05, 0) is 24.6 Å². The normalized spacial score (nSPS) is 15.7. The zero-order valence-corrected chi connectivity index (χ0v) is 14.5. The molecule has 1 atom stereocenters. The van der Waals surface area contributed by atoms with Gasteiger partial charge in [0.1, 0.15) is 6.04 Å². The predicted octanol–water partition coefficient (Wildman–Crippen LogP) is 2.05. The first kappa shape index (κ1) is 20.7. The largest absolute Gasteiger partial charge is 0.480 e. The van der Waals surface area contributed by atoms with E-state index < -0.39 is 29.7 Å². The van der Waals surface area contributed by atoms with Gasteiger partial charge in [0.2, 0.25) is 5.91 Å². The number of alkyl halides is 3. The summed E-state index contributed by atoms with van der Waals surface area (Å²) in [4.78, 5) is 36.6. The molecule has 2 rings (SSSR count). The van der Waals surface area contributed by atoms with E-state index in [4.69, 9.17) is 9.84 Å². The number of carbonyl (C=O) groups is 3. The summed E-state index contributed by atoms with van der Waals surface area (Å²) in [6.07, 6.45) is -4.05. The number of rotatable bonds is 7. The number of halogens is 3. The van der Waals surface area contributed by atoms with Crippen LogP contribution in [0.15, 0.2) is 18.2 Å². The molecule has 0 saturated carbocycles. The van der Waals surface area contributed by atoms with Crippen molar-refractivity contribution in [2.75, 3.05) is 25.2 Å². The Hall–Kier alpha value is -2.62. The fraction of sp³-hybridized carbons (Fsp3) is 0.471. The minimum absolute atomic E-state index is 0.0405. The van der Waals surface area contributed by atoms with E-state index in [1.165, 1.54) is 12.0 Å². The lowest BCUT2D eigenvalue weighted by molar-refractivity contribution is -0.140. The number of amides is 2. The number of methoxy groups -OCH3 is 1. The molecule has 0 aliphatic carbocycles. The molecule has 0 aromatic heterocycles. The fourth-order valence-corrected chi connectivity index (χ4v) is 2.72. The lowest BCUT2D eigenvalue weighted by Crippen LogP contribution is -2.41. The molecular formula is C17H19F3N2O5. The second kappa shape index (κ2) is 8.38. The van der Waals surface area contributed by atoms with Crippen molar-refractivity contribution in [2.24, 2.45) is 0 Å². The van der Waals surface area contributed by atoms with Gasteiger partial charge in [-0.2, -0.15) is 13.2 Å². The second-order valence-corrected chi connectivity index (χ2v) is 6.06. The summed E-state index contributed by atoms with van der Waals surface area (Å²) in [5.41, 5.74) is -1.50. The van der Waals surface area contributed by atoms with E-state index in [1.807, 2.05) is 0 Å². The molecule has 1 unspecified atom stereocenters. The Kier molecular flexibility index (Phi) is 6.42. The minimum atomic E-state index is -4.73. The predicted molar refractivity (Wildman–Crippen MR) is 88.4 cm³/mol. The summed E-state index contributed by atoms with van der Waals surface area (Å²) >= 11 is 0. The van der Waals surface area contributed by atoms with Gasteiger partial charge >= 0.3 is 12.1 Å². The van der Waals surface area contributed by atoms with Crippen LogP contribution in [-0.4, -0.2) is 49.2 Å². The summed E-state index contributed by atoms with van der Waals surface area (Å²) in [6.45, 7) is 0.306. The average molecular weight is 388 g/mol. The number of carbonyl (C=O) groups excluding carboxylic acids is 2. The summed E-state index contributed by atoms with van der Waals surface area (Å²) in [6, 6.07) is 1.28. The highest BCUT2D eigenvalue weighted by Crippen LogP contribution is 2.34. The molecule has 1 aromatic rings. The third-order valence-corrected chi connectivity index (χ3v) is 4.11. The molecule has 148 valence electrons. The number of benzene rings is 1. The lowest BCUT2D eigenvalue weighted by Gasteiger charge is -2.20. The third kappa shape index (κ3) is 5.19. The van der Waals surface area contributed by atoms with Crippen molar-refractivity contribution in [2.45, 2.75) is 31.5 Å². The van der Waals surface area contributed by atoms with Crippen LogP contribution < -0.4 is 10.2 Å². The molecule has 1 aliphatic heterocycles. The molecule has 27 heavy (non-hydrogen) atoms. The molecular weight excluding hydrogens is 369 g/mol. The van der Waals surface area contributed by atoms with Gasteiger partial charge in [-0.15, -0.1) is 0 Å². The smallest absolute Gasteiger partial charge is 0.416 e. The number of carboxylic acid groups (broad SMARTS) is 1. The monoisotopic (exact) mass is 388 g/mol. The Morgan fingerprint density at radius 2 is 2.04 bits per heavy atom. The van der Waals surface area contributed by atoms with E-state index >= 15 is 0 Å². The Labute approximate surface area is 153 Å². The number of aliphatic carboxylic acids is 1. The highest BCUT2D eigenvalue weighted by molar-refractivity contribution is 6.00. The zero-order valence-electron chi connectivity index (χ0n) is 14.5. The van der Waals surface area contributed by atoms with Crippen molar-refractivity contribution in [3.05, 3.63) is 29.3 Å². The van der Waals surface area contributed by atoms with E-state index in [0.29, 0.717) is 12.5 Å². The van der Waals surface area contributed by atoms with Gasteiger partial charge in [0.05, 0.1) is 5.56 Å². The molecule has 0 radical (unpaired) electrons. The van der Waals surface area contributed by atoms with Gasteiger partial charge in [-0.25, -0.2) is 4.79 Å². The van der Waals surface area contributed by atoms with Gasteiger partial charge in [0, 0.05) is 44.4 Å². The zero-order chi connectivity index (χ0) is 20.2. The van der Waals surface area contributed by atoms with Crippen LogP contribution in [0.4, 0.5) is 18.9 Å². The van der Waals surface area contributed by atoms with Gasteiger partial charge in [0.15, 0.2) is 0 Å². The third-order valence-electron chi connectivity index (χ3n) is 4.11. The number of nitrogens with zero attached hydrogens (tertiary/aromatic N) is 1. The Morgan fingerprint density at radius 1 is 1.33 bits per heavy atom. The highest BCUT2D eigenvalue weighted by atomic mass is 19.4. The van der Waals surface area contributed by atoms with E-state index in [2.05, 4.69) is 5.32 Å². The lowest BCUT2D eigenvalue weighted by atomic mass is 10.1. The van der Waals surface area contributed by atoms with Gasteiger partial charge in [-0.1, -0.05) is 0 Å². The molecule has 1 fully saturated rings. The molecule has 2 amide bonds. The van der Waals surface area contributed by atoms with Crippen LogP contribution in [0, 0.1) is 0 Å². The van der Waals surface area contributed by atoms with Crippen LogP contribution in [0.5, 0.6) is 0 Å². The molecule has 1 aromatic carbocycles. The standard InChI is InChI=1S/C17H19F3N2O5/c1-27-6-4-13(16(25)26)21-15(24)10-7-11(17(18,19)20)9-12(8-10)22-5-2-3-14(22)23/h7-9,13H,2-6H2,1H3,(H,21,24)(H,25,26). The molecule has 2 N–H and O–H groups in total. The van der Waals surface area contributed by atoms with Crippen molar-refractivity contribution in [3.63, 3.8) is 0 Å². The fourth-order valence-electron chi connectivity index (χ4n) is 2.72. The van der Waals surface area contributed by atoms with Crippen LogP contribution in [0.1, 0.15) is 35.2 Å². The molecule has 1 aliphatic rings. The number of hydrogen-bond donors (Lipinski definition) is 2. The maximum atomic E-state index is 13.2. The molecule has 0 spiro atoms. The van der Waals surface area contributed by atoms with E-state index in [0.717, 1.165) is 12.1 Å². The Bertz CT molecular complexity index is 736. The SMILES string of the molecule is COCCC(NC(=O)c1cc(N2CCCC2=O)cc(C(F)(F)F)c1)C(=O)O. The van der Waals surface area contributed by atoms with Crippen LogP contribution in [-0.2, 0) is 20.5 Å². The maximum absolute atomic E-state index is 13.2. The van der Waals surface area contributed by atoms with Gasteiger partial charge < -0.3 is 20.1 Å². The first-order chi connectivity index (χ1) is 12.6. The number of ether oxygens (including phenoxy) is 1. The molecule has 7 nitrogen and oxygen atoms in total. The average Bonchev–Trinajstić information content (AvgIpc) is 3.03. The van der Waals surface area contributed by atoms with Crippen LogP contribution in [0.2, 0.25) is 0 Å². The molecule has 1 heterocycles. The van der Waals surface area contributed by atoms with Crippen LogP contribution in [0.3, 0.4) is 0 Å². The van der Waals surface area contributed by atoms with Crippen molar-refractivity contribution in [3.8, 4) is 0 Å². The first-order valence-corrected chi connectivity index (χ1v) is 8.18. The maximum Gasteiger partial charge on any atom is 0.416 e. The van der Waals surface area contributed by atoms with Crippen LogP contribution >= 0.6 is 0 Å². The van der Waals surface area contributed by atoms with E-state index in [-0.39, 0.29) is 43.2 Å². The quantitative estimate of drug-likeness (QED) is 0.745. The summed E-state index contributed by atoms with van der Waals surface area (Å²) in [5.74, 6) is -2.64. The molecule has 10 heteroatoms. The topological polar surface area (TPSA) is 95.9 Å². The molecule has 1 saturated heterocycles.